The molecule has 1 atom stereocenters. The number of carboxylic acid groups (broad SMARTS) is 1. The fourth-order valence-electron chi connectivity index (χ4n) is 5.05. The molecule has 0 fully saturated rings. The van der Waals surface area contributed by atoms with Crippen molar-refractivity contribution >= 4 is 50.2 Å². The number of aliphatic carboxylic acids is 1. The molecule has 212 valence electrons. The largest absolute Gasteiger partial charge is 0.479 e. The molecule has 0 bridgehead atoms. The molecule has 0 amide bonds. The summed E-state index contributed by atoms with van der Waals surface area (Å²) in [7, 11) is 1.88. The van der Waals surface area contributed by atoms with Crippen LogP contribution >= 0.6 is 22.9 Å². The maximum Gasteiger partial charge on any atom is 0.337 e. The van der Waals surface area contributed by atoms with Crippen LogP contribution in [0.2, 0.25) is 5.02 Å². The lowest BCUT2D eigenvalue weighted by Crippen LogP contribution is -2.28. The SMILES string of the molecule is Cc1cc2nc(-c3ccnc(-c4cnc5cnn(C)c5c4)c3)sc2c(-c2ccc(Cl)cc2)c1C(OC(C)(C)C)C(=O)O. The third-order valence-corrected chi connectivity index (χ3v) is 8.31. The van der Waals surface area contributed by atoms with Crippen LogP contribution in [0.3, 0.4) is 0 Å². The zero-order valence-electron chi connectivity index (χ0n) is 23.7. The average Bonchev–Trinajstić information content (AvgIpc) is 3.54. The molecule has 0 aliphatic heterocycles. The van der Waals surface area contributed by atoms with Crippen LogP contribution in [-0.4, -0.2) is 41.4 Å². The summed E-state index contributed by atoms with van der Waals surface area (Å²) in [5, 5.41) is 16.0. The van der Waals surface area contributed by atoms with Crippen molar-refractivity contribution in [2.45, 2.75) is 39.4 Å². The highest BCUT2D eigenvalue weighted by molar-refractivity contribution is 7.22. The van der Waals surface area contributed by atoms with Crippen molar-refractivity contribution in [2.75, 3.05) is 0 Å². The summed E-state index contributed by atoms with van der Waals surface area (Å²) in [6.07, 6.45) is 4.12. The quantitative estimate of drug-likeness (QED) is 0.208. The van der Waals surface area contributed by atoms with Gasteiger partial charge in [0.25, 0.3) is 0 Å². The van der Waals surface area contributed by atoms with Crippen molar-refractivity contribution in [3.63, 3.8) is 0 Å². The fraction of sp³-hybridized carbons (Fsp3) is 0.219. The van der Waals surface area contributed by atoms with Crippen molar-refractivity contribution in [1.82, 2.24) is 24.7 Å². The molecule has 0 saturated heterocycles. The van der Waals surface area contributed by atoms with E-state index in [-0.39, 0.29) is 0 Å². The summed E-state index contributed by atoms with van der Waals surface area (Å²) < 4.78 is 8.78. The molecule has 0 aliphatic carbocycles. The number of fused-ring (bicyclic) bond motifs is 2. The van der Waals surface area contributed by atoms with Crippen molar-refractivity contribution in [1.29, 1.82) is 0 Å². The molecule has 6 rings (SSSR count). The van der Waals surface area contributed by atoms with E-state index in [1.54, 1.807) is 35.4 Å². The van der Waals surface area contributed by atoms with E-state index in [2.05, 4.69) is 15.1 Å². The minimum Gasteiger partial charge on any atom is -0.479 e. The van der Waals surface area contributed by atoms with Gasteiger partial charge >= 0.3 is 5.97 Å². The third-order valence-electron chi connectivity index (χ3n) is 6.92. The monoisotopic (exact) mass is 597 g/mol. The van der Waals surface area contributed by atoms with Gasteiger partial charge in [0.2, 0.25) is 0 Å². The lowest BCUT2D eigenvalue weighted by atomic mass is 9.91. The Morgan fingerprint density at radius 1 is 1.00 bits per heavy atom. The van der Waals surface area contributed by atoms with Crippen LogP contribution in [0.1, 0.15) is 38.0 Å². The first-order valence-corrected chi connectivity index (χ1v) is 14.5. The zero-order chi connectivity index (χ0) is 29.8. The Balaban J connectivity index is 1.53. The number of halogens is 1. The van der Waals surface area contributed by atoms with Crippen LogP contribution in [0.5, 0.6) is 0 Å². The number of ether oxygens (including phenoxy) is 1. The van der Waals surface area contributed by atoms with Gasteiger partial charge < -0.3 is 9.84 Å². The van der Waals surface area contributed by atoms with E-state index < -0.39 is 17.7 Å². The Bertz CT molecular complexity index is 1980. The van der Waals surface area contributed by atoms with Crippen LogP contribution in [0, 0.1) is 6.92 Å². The molecule has 0 radical (unpaired) electrons. The van der Waals surface area contributed by atoms with E-state index in [1.807, 2.05) is 71.1 Å². The zero-order valence-corrected chi connectivity index (χ0v) is 25.3. The van der Waals surface area contributed by atoms with Crippen molar-refractivity contribution in [3.8, 4) is 33.0 Å². The van der Waals surface area contributed by atoms with E-state index in [4.69, 9.17) is 21.3 Å². The first kappa shape index (κ1) is 28.0. The van der Waals surface area contributed by atoms with Crippen LogP contribution in [0.25, 0.3) is 54.2 Å². The number of hydrogen-bond donors (Lipinski definition) is 1. The van der Waals surface area contributed by atoms with Gasteiger partial charge in [-0.3, -0.25) is 14.6 Å². The number of rotatable bonds is 6. The lowest BCUT2D eigenvalue weighted by molar-refractivity contribution is -0.160. The van der Waals surface area contributed by atoms with E-state index in [1.165, 1.54) is 11.3 Å². The number of pyridine rings is 2. The summed E-state index contributed by atoms with van der Waals surface area (Å²) >= 11 is 7.73. The minimum absolute atomic E-state index is 0.595. The topological polar surface area (TPSA) is 103 Å². The Morgan fingerprint density at radius 2 is 1.76 bits per heavy atom. The molecule has 4 heterocycles. The summed E-state index contributed by atoms with van der Waals surface area (Å²) in [6.45, 7) is 7.46. The number of hydrogen-bond acceptors (Lipinski definition) is 7. The molecule has 2 aromatic carbocycles. The van der Waals surface area contributed by atoms with Gasteiger partial charge in [-0.25, -0.2) is 9.78 Å². The average molecular weight is 598 g/mol. The number of thiazole rings is 1. The summed E-state index contributed by atoms with van der Waals surface area (Å²) in [5.74, 6) is -1.05. The van der Waals surface area contributed by atoms with E-state index in [0.29, 0.717) is 10.6 Å². The number of aryl methyl sites for hydroxylation is 2. The van der Waals surface area contributed by atoms with Crippen LogP contribution < -0.4 is 0 Å². The van der Waals surface area contributed by atoms with Crippen molar-refractivity contribution in [3.05, 3.63) is 83.3 Å². The van der Waals surface area contributed by atoms with Crippen LogP contribution in [0.15, 0.2) is 67.1 Å². The second-order valence-electron chi connectivity index (χ2n) is 11.1. The first-order valence-electron chi connectivity index (χ1n) is 13.3. The number of aromatic nitrogens is 5. The Hall–Kier alpha value is -4.18. The molecular weight excluding hydrogens is 570 g/mol. The molecule has 0 saturated carbocycles. The maximum absolute atomic E-state index is 12.6. The maximum atomic E-state index is 12.6. The van der Waals surface area contributed by atoms with Gasteiger partial charge in [0.1, 0.15) is 10.5 Å². The molecule has 10 heteroatoms. The number of benzene rings is 2. The van der Waals surface area contributed by atoms with Crippen molar-refractivity contribution in [2.24, 2.45) is 7.05 Å². The molecule has 8 nitrogen and oxygen atoms in total. The van der Waals surface area contributed by atoms with E-state index in [0.717, 1.165) is 59.8 Å². The smallest absolute Gasteiger partial charge is 0.337 e. The van der Waals surface area contributed by atoms with Gasteiger partial charge in [0, 0.05) is 46.7 Å². The van der Waals surface area contributed by atoms with Gasteiger partial charge in [-0.2, -0.15) is 5.10 Å². The highest BCUT2D eigenvalue weighted by Crippen LogP contribution is 2.44. The summed E-state index contributed by atoms with van der Waals surface area (Å²) in [5.41, 5.74) is 7.38. The van der Waals surface area contributed by atoms with E-state index in [9.17, 15) is 9.90 Å². The summed E-state index contributed by atoms with van der Waals surface area (Å²) in [4.78, 5) is 26.8. The molecule has 1 N–H and O–H groups in total. The minimum atomic E-state index is -1.17. The van der Waals surface area contributed by atoms with Gasteiger partial charge in [-0.05, 0) is 75.2 Å². The van der Waals surface area contributed by atoms with Crippen molar-refractivity contribution < 1.29 is 14.6 Å². The van der Waals surface area contributed by atoms with Gasteiger partial charge in [-0.15, -0.1) is 11.3 Å². The van der Waals surface area contributed by atoms with Crippen LogP contribution in [-0.2, 0) is 16.6 Å². The van der Waals surface area contributed by atoms with Crippen LogP contribution in [0.4, 0.5) is 0 Å². The number of carbonyl (C=O) groups is 1. The number of carboxylic acids is 1. The molecule has 6 aromatic rings. The molecule has 4 aromatic heterocycles. The normalized spacial score (nSPS) is 12.7. The van der Waals surface area contributed by atoms with Gasteiger partial charge in [0.15, 0.2) is 6.10 Å². The highest BCUT2D eigenvalue weighted by atomic mass is 35.5. The molecular formula is C32H28ClN5O3S. The lowest BCUT2D eigenvalue weighted by Gasteiger charge is -2.28. The Kier molecular flexibility index (Phi) is 7.04. The predicted octanol–water partition coefficient (Wildman–Crippen LogP) is 7.88. The van der Waals surface area contributed by atoms with Gasteiger partial charge in [-0.1, -0.05) is 23.7 Å². The highest BCUT2D eigenvalue weighted by Gasteiger charge is 2.32. The molecule has 1 unspecified atom stereocenters. The van der Waals surface area contributed by atoms with E-state index >= 15 is 0 Å². The Labute approximate surface area is 251 Å². The standard InChI is InChI=1S/C32H28ClN5O3S/c1-17-12-23-29(27(18-6-8-21(33)9-7-18)26(17)28(31(39)40)41-32(2,3)4)42-30(37-23)19-10-11-34-22(13-19)20-14-25-24(35-15-20)16-36-38(25)5/h6-16,28H,1-5H3,(H,39,40). The van der Waals surface area contributed by atoms with Gasteiger partial charge in [0.05, 0.1) is 33.2 Å². The molecule has 0 aliphatic rings. The third kappa shape index (κ3) is 5.27. The summed E-state index contributed by atoms with van der Waals surface area (Å²) in [6, 6.07) is 15.3. The molecule has 42 heavy (non-hydrogen) atoms. The first-order chi connectivity index (χ1) is 20.0. The predicted molar refractivity (Wildman–Crippen MR) is 167 cm³/mol. The number of nitrogens with zero attached hydrogens (tertiary/aromatic N) is 5. The second kappa shape index (κ2) is 10.6. The molecule has 0 spiro atoms. The fourth-order valence-corrected chi connectivity index (χ4v) is 6.30. The second-order valence-corrected chi connectivity index (χ2v) is 12.6. The Morgan fingerprint density at radius 3 is 2.48 bits per heavy atom.